The van der Waals surface area contributed by atoms with E-state index in [0.29, 0.717) is 5.92 Å². The molecule has 0 saturated carbocycles. The number of nitrogens with zero attached hydrogens (tertiary/aromatic N) is 2. The van der Waals surface area contributed by atoms with E-state index in [1.54, 1.807) is 0 Å². The monoisotopic (exact) mass is 245 g/mol. The molecular formula is C14H19N3O. The van der Waals surface area contributed by atoms with Gasteiger partial charge in [-0.3, -0.25) is 0 Å². The van der Waals surface area contributed by atoms with Gasteiger partial charge >= 0.3 is 0 Å². The van der Waals surface area contributed by atoms with E-state index in [2.05, 4.69) is 22.5 Å². The van der Waals surface area contributed by atoms with Crippen LogP contribution >= 0.6 is 0 Å². The molecule has 1 saturated heterocycles. The van der Waals surface area contributed by atoms with Crippen LogP contribution in [0.2, 0.25) is 0 Å². The quantitative estimate of drug-likeness (QED) is 0.826. The molecule has 0 atom stereocenters. The molecule has 2 N–H and O–H groups in total. The summed E-state index contributed by atoms with van der Waals surface area (Å²) in [4.78, 5) is 4.59. The average molecular weight is 245 g/mol. The van der Waals surface area contributed by atoms with Gasteiger partial charge in [0.1, 0.15) is 5.82 Å². The van der Waals surface area contributed by atoms with E-state index in [0.717, 1.165) is 49.6 Å². The van der Waals surface area contributed by atoms with Crippen molar-refractivity contribution in [3.05, 3.63) is 24.0 Å². The lowest BCUT2D eigenvalue weighted by molar-refractivity contribution is 0.0614. The minimum Gasteiger partial charge on any atom is -0.399 e. The van der Waals surface area contributed by atoms with Crippen LogP contribution in [0.5, 0.6) is 0 Å². The van der Waals surface area contributed by atoms with Crippen LogP contribution in [-0.4, -0.2) is 22.8 Å². The van der Waals surface area contributed by atoms with Crippen LogP contribution in [0.15, 0.2) is 18.2 Å². The molecule has 2 heterocycles. The van der Waals surface area contributed by atoms with Gasteiger partial charge in [0, 0.05) is 25.4 Å². The summed E-state index contributed by atoms with van der Waals surface area (Å²) in [5.41, 5.74) is 8.77. The molecule has 0 amide bonds. The molecule has 1 aliphatic heterocycles. The van der Waals surface area contributed by atoms with Crippen molar-refractivity contribution in [1.29, 1.82) is 0 Å². The molecule has 0 spiro atoms. The standard InChI is InChI=1S/C14H19N3O/c1-10-16-13-8-12(15)2-3-14(13)17(10)9-11-4-6-18-7-5-11/h2-3,8,11H,4-7,9,15H2,1H3. The minimum absolute atomic E-state index is 0.701. The Bertz CT molecular complexity index is 555. The van der Waals surface area contributed by atoms with E-state index in [1.165, 1.54) is 5.52 Å². The second kappa shape index (κ2) is 4.61. The van der Waals surface area contributed by atoms with Crippen molar-refractivity contribution in [3.8, 4) is 0 Å². The topological polar surface area (TPSA) is 53.1 Å². The number of ether oxygens (including phenoxy) is 1. The van der Waals surface area contributed by atoms with E-state index < -0.39 is 0 Å². The number of anilines is 1. The molecule has 1 aromatic carbocycles. The number of hydrogen-bond acceptors (Lipinski definition) is 3. The van der Waals surface area contributed by atoms with Crippen molar-refractivity contribution in [2.75, 3.05) is 18.9 Å². The molecule has 0 radical (unpaired) electrons. The van der Waals surface area contributed by atoms with E-state index in [-0.39, 0.29) is 0 Å². The van der Waals surface area contributed by atoms with Crippen LogP contribution in [0.3, 0.4) is 0 Å². The zero-order valence-electron chi connectivity index (χ0n) is 10.7. The van der Waals surface area contributed by atoms with Crippen LogP contribution < -0.4 is 5.73 Å². The summed E-state index contributed by atoms with van der Waals surface area (Å²) in [6.45, 7) is 4.89. The van der Waals surface area contributed by atoms with E-state index >= 15 is 0 Å². The maximum absolute atomic E-state index is 5.80. The lowest BCUT2D eigenvalue weighted by Gasteiger charge is -2.23. The lowest BCUT2D eigenvalue weighted by atomic mass is 10.0. The smallest absolute Gasteiger partial charge is 0.106 e. The molecule has 1 aromatic heterocycles. The number of fused-ring (bicyclic) bond motifs is 1. The first-order valence-electron chi connectivity index (χ1n) is 6.54. The van der Waals surface area contributed by atoms with Crippen molar-refractivity contribution in [2.45, 2.75) is 26.3 Å². The van der Waals surface area contributed by atoms with Crippen molar-refractivity contribution in [3.63, 3.8) is 0 Å². The molecule has 0 bridgehead atoms. The van der Waals surface area contributed by atoms with Crippen LogP contribution in [0, 0.1) is 12.8 Å². The Balaban J connectivity index is 1.92. The number of hydrogen-bond donors (Lipinski definition) is 1. The molecule has 96 valence electrons. The number of aryl methyl sites for hydroxylation is 1. The van der Waals surface area contributed by atoms with Crippen molar-refractivity contribution in [2.24, 2.45) is 5.92 Å². The minimum atomic E-state index is 0.701. The van der Waals surface area contributed by atoms with Crippen molar-refractivity contribution >= 4 is 16.7 Å². The van der Waals surface area contributed by atoms with Gasteiger partial charge in [-0.2, -0.15) is 0 Å². The summed E-state index contributed by atoms with van der Waals surface area (Å²) in [6, 6.07) is 5.97. The van der Waals surface area contributed by atoms with Gasteiger partial charge in [-0.25, -0.2) is 4.98 Å². The Kier molecular flexibility index (Phi) is 2.96. The van der Waals surface area contributed by atoms with Gasteiger partial charge in [0.15, 0.2) is 0 Å². The van der Waals surface area contributed by atoms with Crippen LogP contribution in [0.1, 0.15) is 18.7 Å². The third-order valence-electron chi connectivity index (χ3n) is 3.74. The number of imidazole rings is 1. The highest BCUT2D eigenvalue weighted by Crippen LogP contribution is 2.23. The Morgan fingerprint density at radius 1 is 1.39 bits per heavy atom. The second-order valence-electron chi connectivity index (χ2n) is 5.07. The third kappa shape index (κ3) is 2.08. The highest BCUT2D eigenvalue weighted by atomic mass is 16.5. The summed E-state index contributed by atoms with van der Waals surface area (Å²) < 4.78 is 7.72. The fraction of sp³-hybridized carbons (Fsp3) is 0.500. The van der Waals surface area contributed by atoms with Gasteiger partial charge in [-0.1, -0.05) is 0 Å². The Labute approximate surface area is 107 Å². The van der Waals surface area contributed by atoms with E-state index in [1.807, 2.05) is 12.1 Å². The van der Waals surface area contributed by atoms with Crippen molar-refractivity contribution in [1.82, 2.24) is 9.55 Å². The lowest BCUT2D eigenvalue weighted by Crippen LogP contribution is -2.20. The molecular weight excluding hydrogens is 226 g/mol. The fourth-order valence-electron chi connectivity index (χ4n) is 2.68. The zero-order valence-corrected chi connectivity index (χ0v) is 10.7. The summed E-state index contributed by atoms with van der Waals surface area (Å²) in [6.07, 6.45) is 2.29. The Morgan fingerprint density at radius 3 is 2.94 bits per heavy atom. The number of nitrogens with two attached hydrogens (primary N) is 1. The van der Waals surface area contributed by atoms with Crippen LogP contribution in [0.4, 0.5) is 5.69 Å². The summed E-state index contributed by atoms with van der Waals surface area (Å²) in [5.74, 6) is 1.77. The van der Waals surface area contributed by atoms with Crippen LogP contribution in [0.25, 0.3) is 11.0 Å². The molecule has 18 heavy (non-hydrogen) atoms. The van der Waals surface area contributed by atoms with Gasteiger partial charge in [0.25, 0.3) is 0 Å². The first-order valence-corrected chi connectivity index (χ1v) is 6.54. The van der Waals surface area contributed by atoms with Crippen molar-refractivity contribution < 1.29 is 4.74 Å². The molecule has 0 unspecified atom stereocenters. The predicted octanol–water partition coefficient (Wildman–Crippen LogP) is 2.35. The molecule has 3 rings (SSSR count). The van der Waals surface area contributed by atoms with Crippen LogP contribution in [-0.2, 0) is 11.3 Å². The molecule has 2 aromatic rings. The number of nitrogen functional groups attached to an aromatic ring is 1. The van der Waals surface area contributed by atoms with Gasteiger partial charge in [0.2, 0.25) is 0 Å². The number of benzene rings is 1. The number of aromatic nitrogens is 2. The van der Waals surface area contributed by atoms with Gasteiger partial charge in [-0.05, 0) is 43.9 Å². The number of rotatable bonds is 2. The summed E-state index contributed by atoms with van der Waals surface area (Å²) in [7, 11) is 0. The highest BCUT2D eigenvalue weighted by molar-refractivity contribution is 5.79. The molecule has 4 nitrogen and oxygen atoms in total. The zero-order chi connectivity index (χ0) is 12.5. The first-order chi connectivity index (χ1) is 8.74. The SMILES string of the molecule is Cc1nc2cc(N)ccc2n1CC1CCOCC1. The van der Waals surface area contributed by atoms with E-state index in [4.69, 9.17) is 10.5 Å². The first kappa shape index (κ1) is 11.5. The third-order valence-corrected chi connectivity index (χ3v) is 3.74. The molecule has 4 heteroatoms. The molecule has 0 aliphatic carbocycles. The second-order valence-corrected chi connectivity index (χ2v) is 5.07. The largest absolute Gasteiger partial charge is 0.399 e. The predicted molar refractivity (Wildman–Crippen MR) is 72.4 cm³/mol. The molecule has 1 fully saturated rings. The summed E-state index contributed by atoms with van der Waals surface area (Å²) in [5, 5.41) is 0. The van der Waals surface area contributed by atoms with Gasteiger partial charge in [0.05, 0.1) is 11.0 Å². The highest BCUT2D eigenvalue weighted by Gasteiger charge is 2.17. The average Bonchev–Trinajstić information content (AvgIpc) is 2.66. The Hall–Kier alpha value is -1.55. The Morgan fingerprint density at radius 2 is 2.17 bits per heavy atom. The molecule has 1 aliphatic rings. The normalized spacial score (nSPS) is 17.4. The van der Waals surface area contributed by atoms with E-state index in [9.17, 15) is 0 Å². The van der Waals surface area contributed by atoms with Gasteiger partial charge < -0.3 is 15.0 Å². The fourth-order valence-corrected chi connectivity index (χ4v) is 2.68. The van der Waals surface area contributed by atoms with Gasteiger partial charge in [-0.15, -0.1) is 0 Å². The maximum atomic E-state index is 5.80. The maximum Gasteiger partial charge on any atom is 0.106 e. The summed E-state index contributed by atoms with van der Waals surface area (Å²) >= 11 is 0.